The molecular weight excluding hydrogens is 390 g/mol. The number of rotatable bonds is 4. The number of carbonyl (C=O) groups is 2. The van der Waals surface area contributed by atoms with Crippen molar-refractivity contribution >= 4 is 12.1 Å². The van der Waals surface area contributed by atoms with E-state index in [1.165, 1.54) is 11.1 Å². The highest BCUT2D eigenvalue weighted by atomic mass is 16.5. The van der Waals surface area contributed by atoms with E-state index in [2.05, 4.69) is 43.4 Å². The standard InChI is InChI=1S/C26H29NO4/c1-25(2)20-12-21(23(28)29)26(3,13-22(20)25)27-24(30)31-14-19-17-10-6-4-8-15(17)16-9-5-7-11-18(16)19/h4-11,19-22H,12-14H2,1-3H3,(H,27,30)(H,28,29)/t20-,21-,22-,26-/m0/s1. The maximum Gasteiger partial charge on any atom is 0.407 e. The predicted molar refractivity (Wildman–Crippen MR) is 118 cm³/mol. The van der Waals surface area contributed by atoms with Gasteiger partial charge in [-0.25, -0.2) is 4.79 Å². The summed E-state index contributed by atoms with van der Waals surface area (Å²) in [4.78, 5) is 24.8. The van der Waals surface area contributed by atoms with Crippen molar-refractivity contribution in [1.29, 1.82) is 0 Å². The molecule has 3 aliphatic rings. The molecule has 0 radical (unpaired) electrons. The molecule has 0 unspecified atom stereocenters. The van der Waals surface area contributed by atoms with Gasteiger partial charge in [0.05, 0.1) is 11.5 Å². The summed E-state index contributed by atoms with van der Waals surface area (Å²) in [6.45, 7) is 6.48. The number of aliphatic carboxylic acids is 1. The van der Waals surface area contributed by atoms with Gasteiger partial charge in [0.25, 0.3) is 0 Å². The number of carboxylic acids is 1. The van der Waals surface area contributed by atoms with Crippen LogP contribution in [0.25, 0.3) is 11.1 Å². The van der Waals surface area contributed by atoms with E-state index in [4.69, 9.17) is 4.74 Å². The lowest BCUT2D eigenvalue weighted by molar-refractivity contribution is -0.146. The maximum atomic E-state index is 12.8. The van der Waals surface area contributed by atoms with Crippen molar-refractivity contribution in [1.82, 2.24) is 5.32 Å². The Morgan fingerprint density at radius 3 is 2.16 bits per heavy atom. The molecule has 1 amide bonds. The second-order valence-corrected chi connectivity index (χ2v) is 10.2. The van der Waals surface area contributed by atoms with Crippen molar-refractivity contribution in [3.8, 4) is 11.1 Å². The molecule has 0 saturated heterocycles. The Bertz CT molecular complexity index is 1020. The zero-order valence-corrected chi connectivity index (χ0v) is 18.2. The fourth-order valence-electron chi connectivity index (χ4n) is 6.22. The first-order valence-electron chi connectivity index (χ1n) is 11.1. The zero-order chi connectivity index (χ0) is 22.0. The molecule has 2 saturated carbocycles. The molecule has 5 nitrogen and oxygen atoms in total. The van der Waals surface area contributed by atoms with Crippen LogP contribution in [0.3, 0.4) is 0 Å². The van der Waals surface area contributed by atoms with E-state index in [-0.39, 0.29) is 17.9 Å². The highest BCUT2D eigenvalue weighted by Crippen LogP contribution is 2.67. The zero-order valence-electron chi connectivity index (χ0n) is 18.2. The molecule has 3 aliphatic carbocycles. The first-order valence-corrected chi connectivity index (χ1v) is 11.1. The number of carboxylic acid groups (broad SMARTS) is 1. The lowest BCUT2D eigenvalue weighted by atomic mass is 9.74. The van der Waals surface area contributed by atoms with E-state index in [1.54, 1.807) is 0 Å². The Labute approximate surface area is 182 Å². The van der Waals surface area contributed by atoms with Gasteiger partial charge < -0.3 is 15.2 Å². The largest absolute Gasteiger partial charge is 0.481 e. The van der Waals surface area contributed by atoms with Crippen molar-refractivity contribution in [3.05, 3.63) is 59.7 Å². The molecular formula is C26H29NO4. The number of amides is 1. The van der Waals surface area contributed by atoms with E-state index in [0.29, 0.717) is 24.7 Å². The highest BCUT2D eigenvalue weighted by molar-refractivity contribution is 5.79. The van der Waals surface area contributed by atoms with Crippen molar-refractivity contribution in [2.24, 2.45) is 23.2 Å². The van der Waals surface area contributed by atoms with E-state index < -0.39 is 23.5 Å². The smallest absolute Gasteiger partial charge is 0.407 e. The summed E-state index contributed by atoms with van der Waals surface area (Å²) in [6.07, 6.45) is 0.742. The molecule has 0 aliphatic heterocycles. The predicted octanol–water partition coefficient (Wildman–Crippen LogP) is 5.05. The average Bonchev–Trinajstić information content (AvgIpc) is 3.10. The summed E-state index contributed by atoms with van der Waals surface area (Å²) >= 11 is 0. The van der Waals surface area contributed by atoms with Crippen molar-refractivity contribution in [2.75, 3.05) is 6.61 Å². The van der Waals surface area contributed by atoms with Crippen LogP contribution in [0.5, 0.6) is 0 Å². The highest BCUT2D eigenvalue weighted by Gasteiger charge is 2.65. The molecule has 2 fully saturated rings. The molecule has 2 aromatic carbocycles. The van der Waals surface area contributed by atoms with Crippen LogP contribution in [-0.2, 0) is 9.53 Å². The number of alkyl carbamates (subject to hydrolysis) is 1. The Kier molecular flexibility index (Phi) is 4.44. The third kappa shape index (κ3) is 3.13. The van der Waals surface area contributed by atoms with Crippen LogP contribution in [-0.4, -0.2) is 29.3 Å². The first-order chi connectivity index (χ1) is 14.7. The summed E-state index contributed by atoms with van der Waals surface area (Å²) in [5.41, 5.74) is 4.02. The fraction of sp³-hybridized carbons (Fsp3) is 0.462. The molecule has 0 aromatic heterocycles. The Balaban J connectivity index is 1.31. The molecule has 162 valence electrons. The monoisotopic (exact) mass is 419 g/mol. The minimum Gasteiger partial charge on any atom is -0.481 e. The van der Waals surface area contributed by atoms with Gasteiger partial charge in [0.15, 0.2) is 0 Å². The third-order valence-corrected chi connectivity index (χ3v) is 8.22. The Morgan fingerprint density at radius 1 is 1.00 bits per heavy atom. The van der Waals surface area contributed by atoms with Crippen LogP contribution in [0, 0.1) is 23.2 Å². The van der Waals surface area contributed by atoms with Gasteiger partial charge in [-0.15, -0.1) is 0 Å². The van der Waals surface area contributed by atoms with Crippen LogP contribution < -0.4 is 5.32 Å². The first kappa shape index (κ1) is 20.1. The van der Waals surface area contributed by atoms with Gasteiger partial charge in [-0.2, -0.15) is 0 Å². The molecule has 4 atom stereocenters. The van der Waals surface area contributed by atoms with Gasteiger partial charge in [0.1, 0.15) is 6.61 Å². The molecule has 2 N–H and O–H groups in total. The minimum atomic E-state index is -0.845. The number of carbonyl (C=O) groups excluding carboxylic acids is 1. The van der Waals surface area contributed by atoms with E-state index in [9.17, 15) is 14.7 Å². The maximum absolute atomic E-state index is 12.8. The SMILES string of the molecule is CC1(C)[C@H]2C[C@@H](C(=O)O)[C@@](C)(NC(=O)OCC3c4ccccc4-c4ccccc43)C[C@@H]21. The topological polar surface area (TPSA) is 75.6 Å². The van der Waals surface area contributed by atoms with Gasteiger partial charge in [-0.05, 0) is 59.3 Å². The van der Waals surface area contributed by atoms with Crippen LogP contribution in [0.1, 0.15) is 50.7 Å². The van der Waals surface area contributed by atoms with Crippen LogP contribution in [0.15, 0.2) is 48.5 Å². The van der Waals surface area contributed by atoms with Crippen LogP contribution in [0.2, 0.25) is 0 Å². The normalized spacial score (nSPS) is 30.0. The van der Waals surface area contributed by atoms with Gasteiger partial charge in [0.2, 0.25) is 0 Å². The van der Waals surface area contributed by atoms with Crippen LogP contribution >= 0.6 is 0 Å². The quantitative estimate of drug-likeness (QED) is 0.727. The Morgan fingerprint density at radius 2 is 1.58 bits per heavy atom. The number of hydrogen-bond donors (Lipinski definition) is 2. The molecule has 5 heteroatoms. The minimum absolute atomic E-state index is 0.0145. The summed E-state index contributed by atoms with van der Waals surface area (Å²) in [6, 6.07) is 16.4. The number of benzene rings is 2. The fourth-order valence-corrected chi connectivity index (χ4v) is 6.22. The van der Waals surface area contributed by atoms with Crippen molar-refractivity contribution in [3.63, 3.8) is 0 Å². The van der Waals surface area contributed by atoms with Gasteiger partial charge in [0, 0.05) is 5.92 Å². The lowest BCUT2D eigenvalue weighted by Gasteiger charge is -2.39. The average molecular weight is 420 g/mol. The molecule has 0 heterocycles. The number of ether oxygens (including phenoxy) is 1. The summed E-state index contributed by atoms with van der Waals surface area (Å²) in [5.74, 6) is -0.592. The van der Waals surface area contributed by atoms with E-state index in [1.807, 2.05) is 31.2 Å². The van der Waals surface area contributed by atoms with E-state index >= 15 is 0 Å². The van der Waals surface area contributed by atoms with Crippen molar-refractivity contribution in [2.45, 2.75) is 45.1 Å². The molecule has 0 bridgehead atoms. The Hall–Kier alpha value is -2.82. The number of nitrogens with one attached hydrogen (secondary N) is 1. The summed E-state index contributed by atoms with van der Waals surface area (Å²) in [7, 11) is 0. The molecule has 31 heavy (non-hydrogen) atoms. The number of fused-ring (bicyclic) bond motifs is 4. The molecule has 5 rings (SSSR count). The summed E-state index contributed by atoms with van der Waals surface area (Å²) < 4.78 is 5.69. The lowest BCUT2D eigenvalue weighted by Crippen LogP contribution is -2.56. The third-order valence-electron chi connectivity index (χ3n) is 8.22. The second kappa shape index (κ2) is 6.84. The van der Waals surface area contributed by atoms with Crippen LogP contribution in [0.4, 0.5) is 4.79 Å². The van der Waals surface area contributed by atoms with E-state index in [0.717, 1.165) is 11.1 Å². The molecule has 0 spiro atoms. The van der Waals surface area contributed by atoms with Crippen molar-refractivity contribution < 1.29 is 19.4 Å². The van der Waals surface area contributed by atoms with Gasteiger partial charge >= 0.3 is 12.1 Å². The number of hydrogen-bond acceptors (Lipinski definition) is 3. The van der Waals surface area contributed by atoms with Gasteiger partial charge in [-0.3, -0.25) is 4.79 Å². The second-order valence-electron chi connectivity index (χ2n) is 10.2. The van der Waals surface area contributed by atoms with Gasteiger partial charge in [-0.1, -0.05) is 62.4 Å². The summed E-state index contributed by atoms with van der Waals surface area (Å²) in [5, 5.41) is 12.8. The molecule has 2 aromatic rings.